The van der Waals surface area contributed by atoms with E-state index in [9.17, 15) is 4.39 Å². The Bertz CT molecular complexity index is 436. The molecule has 0 aliphatic heterocycles. The Labute approximate surface area is 79.7 Å². The Morgan fingerprint density at radius 2 is 2.07 bits per heavy atom. The summed E-state index contributed by atoms with van der Waals surface area (Å²) in [6, 6.07) is 6.17. The molecule has 0 bridgehead atoms. The minimum Gasteiger partial charge on any atom is -0.208 e. The molecule has 0 spiro atoms. The van der Waals surface area contributed by atoms with Crippen LogP contribution in [0.25, 0.3) is 0 Å². The SMILES string of the molecule is Fc1cccc(/C=N\n2cnnc2)c1. The van der Waals surface area contributed by atoms with Crippen LogP contribution in [0, 0.1) is 5.82 Å². The summed E-state index contributed by atoms with van der Waals surface area (Å²) in [5.41, 5.74) is 0.693. The van der Waals surface area contributed by atoms with Gasteiger partial charge in [-0.15, -0.1) is 10.2 Å². The molecule has 1 aromatic carbocycles. The number of halogens is 1. The third-order valence-electron chi connectivity index (χ3n) is 1.60. The zero-order valence-electron chi connectivity index (χ0n) is 7.21. The smallest absolute Gasteiger partial charge is 0.141 e. The lowest BCUT2D eigenvalue weighted by molar-refractivity contribution is 0.627. The highest BCUT2D eigenvalue weighted by Gasteiger charge is 1.90. The van der Waals surface area contributed by atoms with E-state index in [-0.39, 0.29) is 5.82 Å². The van der Waals surface area contributed by atoms with Crippen molar-refractivity contribution in [3.63, 3.8) is 0 Å². The number of hydrogen-bond acceptors (Lipinski definition) is 3. The second-order valence-electron chi connectivity index (χ2n) is 2.64. The van der Waals surface area contributed by atoms with Crippen LogP contribution in [-0.4, -0.2) is 21.1 Å². The Kier molecular flexibility index (Phi) is 2.31. The van der Waals surface area contributed by atoms with Crippen molar-refractivity contribution in [1.82, 2.24) is 14.9 Å². The minimum absolute atomic E-state index is 0.280. The Morgan fingerprint density at radius 1 is 1.29 bits per heavy atom. The number of benzene rings is 1. The molecular formula is C9H7FN4. The molecular weight excluding hydrogens is 183 g/mol. The summed E-state index contributed by atoms with van der Waals surface area (Å²) in [6.45, 7) is 0. The van der Waals surface area contributed by atoms with Crippen LogP contribution >= 0.6 is 0 Å². The van der Waals surface area contributed by atoms with E-state index < -0.39 is 0 Å². The van der Waals surface area contributed by atoms with Crippen LogP contribution in [0.15, 0.2) is 42.0 Å². The lowest BCUT2D eigenvalue weighted by atomic mass is 10.2. The summed E-state index contributed by atoms with van der Waals surface area (Å²) in [4.78, 5) is 0. The maximum absolute atomic E-state index is 12.7. The molecule has 14 heavy (non-hydrogen) atoms. The maximum Gasteiger partial charge on any atom is 0.141 e. The molecule has 0 amide bonds. The summed E-state index contributed by atoms with van der Waals surface area (Å²) in [7, 11) is 0. The number of rotatable bonds is 2. The molecule has 0 unspecified atom stereocenters. The van der Waals surface area contributed by atoms with Crippen LogP contribution in [0.2, 0.25) is 0 Å². The van der Waals surface area contributed by atoms with Gasteiger partial charge in [0.05, 0.1) is 6.21 Å². The second-order valence-corrected chi connectivity index (χ2v) is 2.64. The Hall–Kier alpha value is -2.04. The van der Waals surface area contributed by atoms with E-state index in [1.54, 1.807) is 12.1 Å². The lowest BCUT2D eigenvalue weighted by Gasteiger charge is -1.92. The first-order valence-corrected chi connectivity index (χ1v) is 3.99. The quantitative estimate of drug-likeness (QED) is 0.670. The average molecular weight is 190 g/mol. The van der Waals surface area contributed by atoms with Crippen molar-refractivity contribution in [2.24, 2.45) is 5.10 Å². The fourth-order valence-corrected chi connectivity index (χ4v) is 0.975. The number of nitrogens with zero attached hydrogens (tertiary/aromatic N) is 4. The van der Waals surface area contributed by atoms with Crippen LogP contribution in [0.4, 0.5) is 4.39 Å². The van der Waals surface area contributed by atoms with Gasteiger partial charge in [-0.1, -0.05) is 12.1 Å². The third kappa shape index (κ3) is 2.01. The summed E-state index contributed by atoms with van der Waals surface area (Å²) in [5.74, 6) is -0.280. The van der Waals surface area contributed by atoms with Gasteiger partial charge in [-0.2, -0.15) is 5.10 Å². The van der Waals surface area contributed by atoms with Gasteiger partial charge in [-0.25, -0.2) is 9.07 Å². The van der Waals surface area contributed by atoms with Gasteiger partial charge in [-0.3, -0.25) is 0 Å². The van der Waals surface area contributed by atoms with E-state index in [1.165, 1.54) is 35.7 Å². The molecule has 70 valence electrons. The van der Waals surface area contributed by atoms with Crippen molar-refractivity contribution in [2.75, 3.05) is 0 Å². The number of aromatic nitrogens is 3. The van der Waals surface area contributed by atoms with E-state index in [0.29, 0.717) is 5.56 Å². The number of hydrogen-bond donors (Lipinski definition) is 0. The fourth-order valence-electron chi connectivity index (χ4n) is 0.975. The van der Waals surface area contributed by atoms with Gasteiger partial charge < -0.3 is 0 Å². The summed E-state index contributed by atoms with van der Waals surface area (Å²) in [6.07, 6.45) is 4.44. The topological polar surface area (TPSA) is 43.1 Å². The zero-order chi connectivity index (χ0) is 9.80. The molecule has 0 N–H and O–H groups in total. The van der Waals surface area contributed by atoms with Crippen molar-refractivity contribution in [3.8, 4) is 0 Å². The molecule has 0 radical (unpaired) electrons. The predicted molar refractivity (Wildman–Crippen MR) is 49.4 cm³/mol. The molecule has 0 saturated carbocycles. The van der Waals surface area contributed by atoms with E-state index in [1.807, 2.05) is 0 Å². The van der Waals surface area contributed by atoms with Gasteiger partial charge in [-0.05, 0) is 17.7 Å². The van der Waals surface area contributed by atoms with Crippen molar-refractivity contribution < 1.29 is 4.39 Å². The minimum atomic E-state index is -0.280. The highest BCUT2D eigenvalue weighted by molar-refractivity contribution is 5.79. The van der Waals surface area contributed by atoms with Gasteiger partial charge in [0.25, 0.3) is 0 Å². The summed E-state index contributed by atoms with van der Waals surface area (Å²) < 4.78 is 14.2. The molecule has 1 aromatic heterocycles. The van der Waals surface area contributed by atoms with Crippen LogP contribution in [0.5, 0.6) is 0 Å². The van der Waals surface area contributed by atoms with Crippen LogP contribution in [0.3, 0.4) is 0 Å². The maximum atomic E-state index is 12.7. The van der Waals surface area contributed by atoms with Crippen molar-refractivity contribution in [3.05, 3.63) is 48.3 Å². The first kappa shape index (κ1) is 8.55. The van der Waals surface area contributed by atoms with E-state index in [0.717, 1.165) is 0 Å². The second kappa shape index (κ2) is 3.78. The van der Waals surface area contributed by atoms with Crippen LogP contribution in [-0.2, 0) is 0 Å². The molecule has 0 saturated heterocycles. The van der Waals surface area contributed by atoms with E-state index in [4.69, 9.17) is 0 Å². The van der Waals surface area contributed by atoms with Crippen molar-refractivity contribution >= 4 is 6.21 Å². The molecule has 4 nitrogen and oxygen atoms in total. The van der Waals surface area contributed by atoms with Gasteiger partial charge in [0, 0.05) is 0 Å². The van der Waals surface area contributed by atoms with Gasteiger partial charge >= 0.3 is 0 Å². The van der Waals surface area contributed by atoms with E-state index in [2.05, 4.69) is 15.3 Å². The average Bonchev–Trinajstić information content (AvgIpc) is 2.67. The summed E-state index contributed by atoms with van der Waals surface area (Å²) >= 11 is 0. The zero-order valence-corrected chi connectivity index (χ0v) is 7.21. The van der Waals surface area contributed by atoms with Gasteiger partial charge in [0.1, 0.15) is 18.5 Å². The van der Waals surface area contributed by atoms with Crippen LogP contribution in [0.1, 0.15) is 5.56 Å². The Balaban J connectivity index is 2.18. The molecule has 0 fully saturated rings. The largest absolute Gasteiger partial charge is 0.208 e. The standard InChI is InChI=1S/C9H7FN4/c10-9-3-1-2-8(4-9)5-13-14-6-11-12-7-14/h1-7H/b13-5-. The predicted octanol–water partition coefficient (Wildman–Crippen LogP) is 1.30. The molecule has 2 aromatic rings. The van der Waals surface area contributed by atoms with Crippen molar-refractivity contribution in [2.45, 2.75) is 0 Å². The lowest BCUT2D eigenvalue weighted by Crippen LogP contribution is -1.87. The first-order chi connectivity index (χ1) is 6.84. The monoisotopic (exact) mass is 190 g/mol. The molecule has 0 aliphatic rings. The first-order valence-electron chi connectivity index (χ1n) is 3.99. The third-order valence-corrected chi connectivity index (χ3v) is 1.60. The highest BCUT2D eigenvalue weighted by atomic mass is 19.1. The normalized spacial score (nSPS) is 10.9. The molecule has 2 rings (SSSR count). The molecule has 5 heteroatoms. The molecule has 1 heterocycles. The van der Waals surface area contributed by atoms with Crippen molar-refractivity contribution in [1.29, 1.82) is 0 Å². The highest BCUT2D eigenvalue weighted by Crippen LogP contribution is 2.00. The van der Waals surface area contributed by atoms with E-state index >= 15 is 0 Å². The Morgan fingerprint density at radius 3 is 2.79 bits per heavy atom. The van der Waals surface area contributed by atoms with Gasteiger partial charge in [0.2, 0.25) is 0 Å². The molecule has 0 atom stereocenters. The fraction of sp³-hybridized carbons (Fsp3) is 0. The van der Waals surface area contributed by atoms with Gasteiger partial charge in [0.15, 0.2) is 0 Å². The summed E-state index contributed by atoms with van der Waals surface area (Å²) in [5, 5.41) is 11.1. The molecule has 0 aliphatic carbocycles. The van der Waals surface area contributed by atoms with Crippen LogP contribution < -0.4 is 0 Å².